The Bertz CT molecular complexity index is 871. The van der Waals surface area contributed by atoms with Gasteiger partial charge < -0.3 is 9.32 Å². The number of aromatic amines is 1. The maximum Gasteiger partial charge on any atom is 0.289 e. The van der Waals surface area contributed by atoms with E-state index in [1.54, 1.807) is 36.5 Å². The lowest BCUT2D eigenvalue weighted by atomic mass is 10.1. The lowest BCUT2D eigenvalue weighted by molar-refractivity contribution is 0.0708. The van der Waals surface area contributed by atoms with E-state index in [2.05, 4.69) is 20.2 Å². The largest absolute Gasteiger partial charge is 0.455 e. The third-order valence-electron chi connectivity index (χ3n) is 4.26. The topological polar surface area (TPSA) is 87.9 Å². The first-order valence-electron chi connectivity index (χ1n) is 8.24. The van der Waals surface area contributed by atoms with Gasteiger partial charge in [0.15, 0.2) is 10.9 Å². The maximum absolute atomic E-state index is 12.8. The summed E-state index contributed by atoms with van der Waals surface area (Å²) < 4.78 is 5.73. The second-order valence-electron chi connectivity index (χ2n) is 6.03. The molecule has 3 aromatic rings. The first-order chi connectivity index (χ1) is 12.5. The van der Waals surface area contributed by atoms with Crippen LogP contribution in [0.4, 0.5) is 0 Å². The Morgan fingerprint density at radius 3 is 2.69 bits per heavy atom. The van der Waals surface area contributed by atoms with E-state index in [9.17, 15) is 4.79 Å². The van der Waals surface area contributed by atoms with Crippen LogP contribution in [-0.2, 0) is 5.75 Å². The second-order valence-corrected chi connectivity index (χ2v) is 6.97. The summed E-state index contributed by atoms with van der Waals surface area (Å²) in [5.41, 5.74) is 2.90. The molecule has 7 nitrogen and oxygen atoms in total. The van der Waals surface area contributed by atoms with Crippen LogP contribution < -0.4 is 0 Å². The zero-order valence-corrected chi connectivity index (χ0v) is 16.0. The number of carbonyl (C=O) groups excluding carboxylic acids is 1. The van der Waals surface area contributed by atoms with Crippen molar-refractivity contribution in [2.24, 2.45) is 0 Å². The molecule has 0 fully saturated rings. The molecule has 0 aliphatic carbocycles. The van der Waals surface area contributed by atoms with Gasteiger partial charge in [0.1, 0.15) is 5.76 Å². The van der Waals surface area contributed by atoms with Gasteiger partial charge in [0, 0.05) is 30.7 Å². The second kappa shape index (κ2) is 7.74. The molecular weight excluding hydrogens is 350 g/mol. The summed E-state index contributed by atoms with van der Waals surface area (Å²) in [5.74, 6) is 1.44. The van der Waals surface area contributed by atoms with Gasteiger partial charge in [-0.05, 0) is 39.0 Å². The van der Waals surface area contributed by atoms with E-state index < -0.39 is 0 Å². The van der Waals surface area contributed by atoms with Crippen molar-refractivity contribution < 1.29 is 9.21 Å². The molecule has 0 saturated carbocycles. The molecule has 1 N–H and O–H groups in total. The molecule has 0 aliphatic rings. The van der Waals surface area contributed by atoms with Gasteiger partial charge in [-0.15, -0.1) is 0 Å². The van der Waals surface area contributed by atoms with Gasteiger partial charge in [-0.3, -0.25) is 9.89 Å². The molecule has 1 atom stereocenters. The molecule has 0 radical (unpaired) electrons. The maximum atomic E-state index is 12.8. The molecule has 26 heavy (non-hydrogen) atoms. The summed E-state index contributed by atoms with van der Waals surface area (Å²) in [6.07, 6.45) is 3.39. The van der Waals surface area contributed by atoms with Gasteiger partial charge in [0.25, 0.3) is 5.91 Å². The number of hydrogen-bond donors (Lipinski definition) is 1. The van der Waals surface area contributed by atoms with E-state index in [1.165, 1.54) is 11.8 Å². The molecule has 0 bridgehead atoms. The smallest absolute Gasteiger partial charge is 0.289 e. The number of carbonyl (C=O) groups is 1. The number of rotatable bonds is 6. The quantitative estimate of drug-likeness (QED) is 0.527. The lowest BCUT2D eigenvalue weighted by Crippen LogP contribution is -2.29. The van der Waals surface area contributed by atoms with Gasteiger partial charge in [0.05, 0.1) is 17.5 Å². The summed E-state index contributed by atoms with van der Waals surface area (Å²) in [5, 5.41) is 7.84. The minimum Gasteiger partial charge on any atom is -0.455 e. The van der Waals surface area contributed by atoms with E-state index in [1.807, 2.05) is 26.8 Å². The predicted molar refractivity (Wildman–Crippen MR) is 98.9 cm³/mol. The third-order valence-corrected chi connectivity index (χ3v) is 5.16. The fourth-order valence-electron chi connectivity index (χ4n) is 2.78. The lowest BCUT2D eigenvalue weighted by Gasteiger charge is -2.24. The molecular formula is C18H21N5O2S. The van der Waals surface area contributed by atoms with Crippen LogP contribution in [0, 0.1) is 13.8 Å². The number of furan rings is 1. The van der Waals surface area contributed by atoms with E-state index >= 15 is 0 Å². The van der Waals surface area contributed by atoms with Crippen molar-refractivity contribution in [3.05, 3.63) is 59.1 Å². The first kappa shape index (κ1) is 18.2. The molecule has 136 valence electrons. The van der Waals surface area contributed by atoms with Crippen LogP contribution in [0.5, 0.6) is 0 Å². The van der Waals surface area contributed by atoms with E-state index in [-0.39, 0.29) is 11.9 Å². The van der Waals surface area contributed by atoms with E-state index in [0.29, 0.717) is 22.4 Å². The monoisotopic (exact) mass is 371 g/mol. The zero-order chi connectivity index (χ0) is 18.7. The van der Waals surface area contributed by atoms with Crippen molar-refractivity contribution in [1.82, 2.24) is 25.1 Å². The van der Waals surface area contributed by atoms with Crippen LogP contribution in [0.3, 0.4) is 0 Å². The minimum absolute atomic E-state index is 0.109. The third kappa shape index (κ3) is 3.80. The number of H-pyrrole nitrogens is 1. The van der Waals surface area contributed by atoms with Crippen molar-refractivity contribution in [2.75, 3.05) is 7.05 Å². The number of hydrogen-bond acceptors (Lipinski definition) is 6. The van der Waals surface area contributed by atoms with Crippen LogP contribution in [0.15, 0.2) is 40.2 Å². The average molecular weight is 371 g/mol. The fourth-order valence-corrected chi connectivity index (χ4v) is 3.48. The predicted octanol–water partition coefficient (Wildman–Crippen LogP) is 3.54. The van der Waals surface area contributed by atoms with E-state index in [0.717, 1.165) is 17.0 Å². The molecule has 3 aromatic heterocycles. The molecule has 8 heteroatoms. The van der Waals surface area contributed by atoms with Crippen LogP contribution in [-0.4, -0.2) is 38.0 Å². The Hall–Kier alpha value is -2.61. The molecule has 1 unspecified atom stereocenters. The number of amides is 1. The molecule has 0 saturated heterocycles. The molecule has 1 amide bonds. The van der Waals surface area contributed by atoms with Crippen molar-refractivity contribution in [3.63, 3.8) is 0 Å². The Morgan fingerprint density at radius 2 is 2.04 bits per heavy atom. The highest BCUT2D eigenvalue weighted by Gasteiger charge is 2.25. The summed E-state index contributed by atoms with van der Waals surface area (Å²) in [4.78, 5) is 22.7. The highest BCUT2D eigenvalue weighted by atomic mass is 32.2. The van der Waals surface area contributed by atoms with Gasteiger partial charge >= 0.3 is 0 Å². The molecule has 3 rings (SSSR count). The van der Waals surface area contributed by atoms with Crippen molar-refractivity contribution in [1.29, 1.82) is 0 Å². The number of nitrogens with one attached hydrogen (secondary N) is 1. The molecule has 0 aliphatic heterocycles. The first-order valence-corrected chi connectivity index (χ1v) is 9.23. The number of aromatic nitrogens is 4. The minimum atomic E-state index is -0.162. The number of aryl methyl sites for hydroxylation is 2. The van der Waals surface area contributed by atoms with Crippen molar-refractivity contribution in [2.45, 2.75) is 37.7 Å². The Kier molecular flexibility index (Phi) is 5.41. The van der Waals surface area contributed by atoms with Crippen molar-refractivity contribution in [3.8, 4) is 0 Å². The SMILES string of the molecule is Cc1n[nH]c(C)c1C(C)N(C)C(=O)c1ccc(CSc2ncccn2)o1. The highest BCUT2D eigenvalue weighted by molar-refractivity contribution is 7.98. The fraction of sp³-hybridized carbons (Fsp3) is 0.333. The van der Waals surface area contributed by atoms with E-state index in [4.69, 9.17) is 4.42 Å². The van der Waals surface area contributed by atoms with Gasteiger partial charge in [-0.2, -0.15) is 5.10 Å². The molecule has 0 spiro atoms. The molecule has 0 aromatic carbocycles. The normalized spacial score (nSPS) is 12.2. The van der Waals surface area contributed by atoms with Crippen LogP contribution in [0.25, 0.3) is 0 Å². The van der Waals surface area contributed by atoms with Crippen LogP contribution >= 0.6 is 11.8 Å². The van der Waals surface area contributed by atoms with Crippen LogP contribution in [0.1, 0.15) is 46.2 Å². The number of nitrogens with zero attached hydrogens (tertiary/aromatic N) is 4. The summed E-state index contributed by atoms with van der Waals surface area (Å²) in [6, 6.07) is 5.19. The highest BCUT2D eigenvalue weighted by Crippen LogP contribution is 2.26. The standard InChI is InChI=1S/C18H21N5O2S/c1-11-16(12(2)22-21-11)13(3)23(4)17(24)15-7-6-14(25-15)10-26-18-19-8-5-9-20-18/h5-9,13H,10H2,1-4H3,(H,21,22). The summed E-state index contributed by atoms with van der Waals surface area (Å²) in [7, 11) is 1.77. The zero-order valence-electron chi connectivity index (χ0n) is 15.2. The summed E-state index contributed by atoms with van der Waals surface area (Å²) in [6.45, 7) is 5.87. The van der Waals surface area contributed by atoms with Crippen LogP contribution in [0.2, 0.25) is 0 Å². The Balaban J connectivity index is 1.67. The summed E-state index contributed by atoms with van der Waals surface area (Å²) >= 11 is 1.46. The van der Waals surface area contributed by atoms with Gasteiger partial charge in [0.2, 0.25) is 0 Å². The Morgan fingerprint density at radius 1 is 1.31 bits per heavy atom. The Labute approximate surface area is 156 Å². The van der Waals surface area contributed by atoms with Crippen molar-refractivity contribution >= 4 is 17.7 Å². The number of thioether (sulfide) groups is 1. The molecule has 3 heterocycles. The van der Waals surface area contributed by atoms with Gasteiger partial charge in [-0.1, -0.05) is 11.8 Å². The van der Waals surface area contributed by atoms with Gasteiger partial charge in [-0.25, -0.2) is 9.97 Å². The average Bonchev–Trinajstić information content (AvgIpc) is 3.26.